The summed E-state index contributed by atoms with van der Waals surface area (Å²) in [5.74, 6) is -2.17. The Morgan fingerprint density at radius 3 is 2.60 bits per heavy atom. The van der Waals surface area contributed by atoms with E-state index in [0.717, 1.165) is 25.3 Å². The Balaban J connectivity index is 0.000000429. The summed E-state index contributed by atoms with van der Waals surface area (Å²) in [5, 5.41) is 21.4. The number of aryl methyl sites for hydroxylation is 1. The number of nitrogens with one attached hydrogen (secondary N) is 1. The number of halogens is 3. The molecule has 0 amide bonds. The Morgan fingerprint density at radius 1 is 1.34 bits per heavy atom. The van der Waals surface area contributed by atoms with Gasteiger partial charge < -0.3 is 34.9 Å². The third kappa shape index (κ3) is 6.97. The van der Waals surface area contributed by atoms with Gasteiger partial charge in [0, 0.05) is 48.8 Å². The minimum atomic E-state index is -5.08. The van der Waals surface area contributed by atoms with Crippen LogP contribution in [0.2, 0.25) is 0 Å². The summed E-state index contributed by atoms with van der Waals surface area (Å²) in [6, 6.07) is 9.32. The molecule has 2 aromatic rings. The molecule has 3 atom stereocenters. The molecule has 1 fully saturated rings. The van der Waals surface area contributed by atoms with Crippen LogP contribution in [0.3, 0.4) is 0 Å². The molecule has 0 spiro atoms. The second-order valence-corrected chi connectivity index (χ2v) is 8.28. The van der Waals surface area contributed by atoms with Crippen LogP contribution in [0.15, 0.2) is 30.5 Å². The molecular formula is C21H26F3N5O6. The number of carboxylic acid groups (broad SMARTS) is 1. The number of hydrogen-bond acceptors (Lipinski definition) is 8. The third-order valence-corrected chi connectivity index (χ3v) is 5.49. The highest BCUT2D eigenvalue weighted by Crippen LogP contribution is 2.26. The van der Waals surface area contributed by atoms with E-state index < -0.39 is 17.1 Å². The molecule has 0 radical (unpaired) electrons. The van der Waals surface area contributed by atoms with Crippen LogP contribution in [0.5, 0.6) is 11.8 Å². The summed E-state index contributed by atoms with van der Waals surface area (Å²) in [4.78, 5) is 25.5. The van der Waals surface area contributed by atoms with E-state index in [1.54, 1.807) is 4.57 Å². The van der Waals surface area contributed by atoms with Gasteiger partial charge in [-0.05, 0) is 43.0 Å². The van der Waals surface area contributed by atoms with Crippen molar-refractivity contribution in [1.82, 2.24) is 14.9 Å². The zero-order valence-electron chi connectivity index (χ0n) is 19.1. The van der Waals surface area contributed by atoms with Gasteiger partial charge in [0.05, 0.1) is 0 Å². The fourth-order valence-electron chi connectivity index (χ4n) is 3.64. The molecule has 14 heteroatoms. The Labute approximate surface area is 198 Å². The second kappa shape index (κ2) is 10.8. The molecule has 35 heavy (non-hydrogen) atoms. The van der Waals surface area contributed by atoms with E-state index >= 15 is 0 Å². The third-order valence-electron chi connectivity index (χ3n) is 5.49. The van der Waals surface area contributed by atoms with Gasteiger partial charge in [-0.2, -0.15) is 13.2 Å². The molecule has 1 aromatic carbocycles. The number of nitro groups is 1. The van der Waals surface area contributed by atoms with Crippen molar-refractivity contribution in [3.8, 4) is 11.8 Å². The first-order valence-electron chi connectivity index (χ1n) is 10.8. The number of aromatic nitrogens is 2. The number of piperazine rings is 1. The molecule has 4 rings (SSSR count). The summed E-state index contributed by atoms with van der Waals surface area (Å²) in [6.07, 6.45) is -3.14. The van der Waals surface area contributed by atoms with Crippen LogP contribution in [0.1, 0.15) is 20.3 Å². The van der Waals surface area contributed by atoms with Gasteiger partial charge in [0.25, 0.3) is 0 Å². The Hall–Kier alpha value is -3.55. The molecule has 3 heterocycles. The van der Waals surface area contributed by atoms with Crippen LogP contribution >= 0.6 is 0 Å². The fourth-order valence-corrected chi connectivity index (χ4v) is 3.64. The summed E-state index contributed by atoms with van der Waals surface area (Å²) >= 11 is 0. The number of ether oxygens (including phenoxy) is 2. The van der Waals surface area contributed by atoms with Gasteiger partial charge in [-0.15, -0.1) is 0 Å². The monoisotopic (exact) mass is 501 g/mol. The average molecular weight is 501 g/mol. The fraction of sp³-hybridized carbons (Fsp3) is 0.524. The molecular weight excluding hydrogens is 475 g/mol. The van der Waals surface area contributed by atoms with Crippen molar-refractivity contribution < 1.29 is 37.5 Å². The highest BCUT2D eigenvalue weighted by atomic mass is 19.4. The SMILES string of the molecule is C[C@@H]1CN(c2ccc(OC[C@H]3CCn4cc([N+](=O)[O-])nc4O3)cc2)[C@@H](C)CN1.O=C(O)C(F)(F)F. The number of hydrogen-bond donors (Lipinski definition) is 2. The lowest BCUT2D eigenvalue weighted by Crippen LogP contribution is -2.54. The Morgan fingerprint density at radius 2 is 2.00 bits per heavy atom. The van der Waals surface area contributed by atoms with Crippen LogP contribution in [-0.2, 0) is 11.3 Å². The van der Waals surface area contributed by atoms with Gasteiger partial charge in [-0.3, -0.25) is 4.57 Å². The van der Waals surface area contributed by atoms with Crippen molar-refractivity contribution in [3.05, 3.63) is 40.6 Å². The molecule has 2 aliphatic rings. The first-order chi connectivity index (χ1) is 16.4. The number of alkyl halides is 3. The van der Waals surface area contributed by atoms with E-state index in [9.17, 15) is 23.3 Å². The minimum Gasteiger partial charge on any atom is -0.490 e. The highest BCUT2D eigenvalue weighted by Gasteiger charge is 2.38. The molecule has 192 valence electrons. The maximum atomic E-state index is 10.8. The van der Waals surface area contributed by atoms with Gasteiger partial charge in [-0.1, -0.05) is 0 Å². The Bertz CT molecular complexity index is 1030. The quantitative estimate of drug-likeness (QED) is 0.469. The van der Waals surface area contributed by atoms with Gasteiger partial charge in [-0.25, -0.2) is 4.79 Å². The predicted molar refractivity (Wildman–Crippen MR) is 118 cm³/mol. The van der Waals surface area contributed by atoms with Gasteiger partial charge in [0.15, 0.2) is 0 Å². The molecule has 0 bridgehead atoms. The number of nitrogens with zero attached hydrogens (tertiary/aromatic N) is 4. The van der Waals surface area contributed by atoms with E-state index in [2.05, 4.69) is 41.2 Å². The van der Waals surface area contributed by atoms with E-state index in [-0.39, 0.29) is 17.9 Å². The minimum absolute atomic E-state index is 0.178. The number of carboxylic acids is 1. The largest absolute Gasteiger partial charge is 0.490 e. The molecule has 1 saturated heterocycles. The first-order valence-corrected chi connectivity index (χ1v) is 10.8. The molecule has 0 unspecified atom stereocenters. The smallest absolute Gasteiger partial charge is 0.490 e. The van der Waals surface area contributed by atoms with Gasteiger partial charge >= 0.3 is 24.0 Å². The van der Waals surface area contributed by atoms with Crippen LogP contribution < -0.4 is 19.7 Å². The summed E-state index contributed by atoms with van der Waals surface area (Å²) in [7, 11) is 0. The van der Waals surface area contributed by atoms with E-state index in [0.29, 0.717) is 25.2 Å². The van der Waals surface area contributed by atoms with Crippen LogP contribution in [0, 0.1) is 10.1 Å². The van der Waals surface area contributed by atoms with Crippen molar-refractivity contribution >= 4 is 17.5 Å². The predicted octanol–water partition coefficient (Wildman–Crippen LogP) is 2.84. The molecule has 0 aliphatic carbocycles. The number of anilines is 1. The zero-order chi connectivity index (χ0) is 25.8. The summed E-state index contributed by atoms with van der Waals surface area (Å²) in [6.45, 7) is 7.38. The number of aliphatic carboxylic acids is 1. The maximum absolute atomic E-state index is 10.8. The number of rotatable bonds is 5. The Kier molecular flexibility index (Phi) is 8.04. The van der Waals surface area contributed by atoms with Crippen LogP contribution in [-0.4, -0.2) is 69.6 Å². The highest BCUT2D eigenvalue weighted by molar-refractivity contribution is 5.73. The topological polar surface area (TPSA) is 132 Å². The second-order valence-electron chi connectivity index (χ2n) is 8.28. The molecule has 1 aromatic heterocycles. The van der Waals surface area contributed by atoms with Crippen molar-refractivity contribution in [2.45, 2.75) is 51.2 Å². The molecule has 0 saturated carbocycles. The van der Waals surface area contributed by atoms with Gasteiger partial charge in [0.2, 0.25) is 0 Å². The summed E-state index contributed by atoms with van der Waals surface area (Å²) in [5.41, 5.74) is 1.19. The lowest BCUT2D eigenvalue weighted by molar-refractivity contribution is -0.389. The van der Waals surface area contributed by atoms with E-state index in [1.807, 2.05) is 12.1 Å². The van der Waals surface area contributed by atoms with Crippen molar-refractivity contribution in [2.24, 2.45) is 0 Å². The number of imidazole rings is 1. The molecule has 11 nitrogen and oxygen atoms in total. The number of carbonyl (C=O) groups is 1. The van der Waals surface area contributed by atoms with Crippen LogP contribution in [0.4, 0.5) is 24.7 Å². The zero-order valence-corrected chi connectivity index (χ0v) is 19.1. The molecule has 2 N–H and O–H groups in total. The van der Waals surface area contributed by atoms with E-state index in [4.69, 9.17) is 19.4 Å². The first kappa shape index (κ1) is 26.1. The lowest BCUT2D eigenvalue weighted by atomic mass is 10.1. The molecule has 2 aliphatic heterocycles. The number of fused-ring (bicyclic) bond motifs is 1. The maximum Gasteiger partial charge on any atom is 0.490 e. The standard InChI is InChI=1S/C19H25N5O4.C2HF3O2/c1-13-10-23(14(2)9-20-13)15-3-5-16(6-4-15)27-12-17-7-8-22-11-18(24(25)26)21-19(22)28-17;3-2(4,5)1(6)7/h3-6,11,13-14,17,20H,7-10,12H2,1-2H3;(H,6,7)/t13-,14+,17-;/m1./s1. The normalized spacial score (nSPS) is 21.7. The van der Waals surface area contributed by atoms with Crippen molar-refractivity contribution in [3.63, 3.8) is 0 Å². The average Bonchev–Trinajstić information content (AvgIpc) is 3.23. The van der Waals surface area contributed by atoms with Crippen molar-refractivity contribution in [2.75, 3.05) is 24.6 Å². The van der Waals surface area contributed by atoms with Crippen LogP contribution in [0.25, 0.3) is 0 Å². The number of benzene rings is 1. The van der Waals surface area contributed by atoms with Gasteiger partial charge in [0.1, 0.15) is 24.7 Å². The van der Waals surface area contributed by atoms with E-state index in [1.165, 1.54) is 11.9 Å². The lowest BCUT2D eigenvalue weighted by Gasteiger charge is -2.39. The van der Waals surface area contributed by atoms with Crippen molar-refractivity contribution in [1.29, 1.82) is 0 Å². The summed E-state index contributed by atoms with van der Waals surface area (Å²) < 4.78 is 45.0.